The number of benzene rings is 1. The molecule has 0 aliphatic rings. The second-order valence-corrected chi connectivity index (χ2v) is 5.88. The molecule has 3 rings (SSSR count). The van der Waals surface area contributed by atoms with Crippen LogP contribution in [0, 0.1) is 17.2 Å². The molecule has 0 fully saturated rings. The Labute approximate surface area is 117 Å². The van der Waals surface area contributed by atoms with Crippen LogP contribution in [0.15, 0.2) is 48.7 Å². The molecule has 0 atom stereocenters. The van der Waals surface area contributed by atoms with Gasteiger partial charge in [0, 0.05) is 0 Å². The summed E-state index contributed by atoms with van der Waals surface area (Å²) >= 11 is -0.235. The van der Waals surface area contributed by atoms with Gasteiger partial charge in [-0.15, -0.1) is 0 Å². The van der Waals surface area contributed by atoms with Crippen molar-refractivity contribution in [2.45, 2.75) is 6.92 Å². The number of fused-ring (bicyclic) bond motifs is 1. The molecule has 0 saturated heterocycles. The van der Waals surface area contributed by atoms with Crippen molar-refractivity contribution in [3.63, 3.8) is 0 Å². The van der Waals surface area contributed by atoms with E-state index in [9.17, 15) is 0 Å². The van der Waals surface area contributed by atoms with E-state index in [0.717, 1.165) is 21.5 Å². The van der Waals surface area contributed by atoms with E-state index < -0.39 is 0 Å². The molecule has 92 valence electrons. The van der Waals surface area contributed by atoms with Crippen LogP contribution in [0.4, 0.5) is 0 Å². The van der Waals surface area contributed by atoms with Crippen LogP contribution in [-0.4, -0.2) is 24.3 Å². The fourth-order valence-electron chi connectivity index (χ4n) is 2.01. The molecule has 19 heavy (non-hydrogen) atoms. The van der Waals surface area contributed by atoms with Crippen LogP contribution in [0.1, 0.15) is 5.56 Å². The molecule has 1 aromatic carbocycles. The van der Waals surface area contributed by atoms with Crippen LogP contribution in [0.2, 0.25) is 0 Å². The van der Waals surface area contributed by atoms with Crippen LogP contribution in [-0.2, 0) is 0 Å². The summed E-state index contributed by atoms with van der Waals surface area (Å²) in [5, 5.41) is 9.05. The Morgan fingerprint density at radius 1 is 1.16 bits per heavy atom. The van der Waals surface area contributed by atoms with Crippen molar-refractivity contribution in [1.29, 1.82) is 5.26 Å². The zero-order valence-corrected chi connectivity index (χ0v) is 12.1. The third-order valence-corrected chi connectivity index (χ3v) is 4.37. The Morgan fingerprint density at radius 2 is 1.95 bits per heavy atom. The number of hydrogen-bond acceptors (Lipinski definition) is 2. The van der Waals surface area contributed by atoms with Gasteiger partial charge in [0.15, 0.2) is 0 Å². The van der Waals surface area contributed by atoms with Crippen molar-refractivity contribution in [3.8, 4) is 16.2 Å². The molecule has 0 saturated carbocycles. The van der Waals surface area contributed by atoms with Gasteiger partial charge in [-0.3, -0.25) is 0 Å². The van der Waals surface area contributed by atoms with E-state index in [1.54, 1.807) is 0 Å². The molecule has 0 amide bonds. The fraction of sp³-hybridized carbons (Fsp3) is 0.0667. The molecule has 0 aliphatic carbocycles. The molecule has 0 unspecified atom stereocenters. The third kappa shape index (κ3) is 2.15. The van der Waals surface area contributed by atoms with Crippen molar-refractivity contribution < 1.29 is 0 Å². The molecular formula is C15H11N3Se. The SMILES string of the molecule is Cc1ccc(-c2nc3ccccn3c2[Se]C#N)cc1. The van der Waals surface area contributed by atoms with Gasteiger partial charge < -0.3 is 0 Å². The summed E-state index contributed by atoms with van der Waals surface area (Å²) in [6.45, 7) is 2.06. The number of pyridine rings is 1. The predicted octanol–water partition coefficient (Wildman–Crippen LogP) is 2.12. The summed E-state index contributed by atoms with van der Waals surface area (Å²) in [6, 6.07) is 14.2. The summed E-state index contributed by atoms with van der Waals surface area (Å²) in [5.41, 5.74) is 4.11. The Bertz CT molecular complexity index is 766. The normalized spacial score (nSPS) is 10.5. The van der Waals surface area contributed by atoms with E-state index in [2.05, 4.69) is 41.1 Å². The fourth-order valence-corrected chi connectivity index (χ4v) is 3.27. The number of imidazole rings is 1. The van der Waals surface area contributed by atoms with E-state index in [-0.39, 0.29) is 15.0 Å². The number of aryl methyl sites for hydroxylation is 1. The maximum atomic E-state index is 9.05. The second-order valence-electron chi connectivity index (χ2n) is 4.25. The number of aromatic nitrogens is 2. The van der Waals surface area contributed by atoms with Gasteiger partial charge in [0.25, 0.3) is 0 Å². The molecular weight excluding hydrogens is 301 g/mol. The molecule has 0 N–H and O–H groups in total. The summed E-state index contributed by atoms with van der Waals surface area (Å²) in [5.74, 6) is 0. The first-order valence-electron chi connectivity index (χ1n) is 5.89. The van der Waals surface area contributed by atoms with Crippen LogP contribution in [0.25, 0.3) is 16.9 Å². The van der Waals surface area contributed by atoms with Crippen molar-refractivity contribution >= 4 is 25.2 Å². The Morgan fingerprint density at radius 3 is 2.68 bits per heavy atom. The van der Waals surface area contributed by atoms with Gasteiger partial charge in [-0.2, -0.15) is 0 Å². The summed E-state index contributed by atoms with van der Waals surface area (Å²) in [6.07, 6.45) is 1.97. The number of nitrogens with zero attached hydrogens (tertiary/aromatic N) is 3. The first kappa shape index (κ1) is 12.0. The molecule has 0 radical (unpaired) electrons. The van der Waals surface area contributed by atoms with Gasteiger partial charge >= 0.3 is 117 Å². The number of hydrogen-bond donors (Lipinski definition) is 0. The van der Waals surface area contributed by atoms with Crippen LogP contribution >= 0.6 is 0 Å². The van der Waals surface area contributed by atoms with E-state index >= 15 is 0 Å². The summed E-state index contributed by atoms with van der Waals surface area (Å²) in [7, 11) is 0. The molecule has 0 aliphatic heterocycles. The Kier molecular flexibility index (Phi) is 3.08. The average Bonchev–Trinajstić information content (AvgIpc) is 2.79. The molecule has 0 bridgehead atoms. The van der Waals surface area contributed by atoms with E-state index in [0.29, 0.717) is 0 Å². The standard InChI is InChI=1S/C15H11N3Se/c1-11-5-7-12(8-6-11)14-15(19-10-16)18-9-3-2-4-13(18)17-14/h2-9H,1H3. The average molecular weight is 312 g/mol. The van der Waals surface area contributed by atoms with Crippen molar-refractivity contribution in [2.24, 2.45) is 0 Å². The zero-order chi connectivity index (χ0) is 13.2. The second kappa shape index (κ2) is 4.89. The summed E-state index contributed by atoms with van der Waals surface area (Å²) in [4.78, 5) is 6.94. The van der Waals surface area contributed by atoms with Gasteiger partial charge in [0.1, 0.15) is 0 Å². The molecule has 0 spiro atoms. The number of rotatable bonds is 2. The Balaban J connectivity index is 2.25. The van der Waals surface area contributed by atoms with Gasteiger partial charge in [-0.05, 0) is 0 Å². The van der Waals surface area contributed by atoms with Gasteiger partial charge in [-0.1, -0.05) is 0 Å². The minimum absolute atomic E-state index is 0.235. The van der Waals surface area contributed by atoms with Gasteiger partial charge in [0.05, 0.1) is 0 Å². The molecule has 4 heteroatoms. The van der Waals surface area contributed by atoms with Crippen molar-refractivity contribution in [2.75, 3.05) is 0 Å². The maximum absolute atomic E-state index is 9.05. The quantitative estimate of drug-likeness (QED) is 0.680. The van der Waals surface area contributed by atoms with Crippen molar-refractivity contribution in [1.82, 2.24) is 9.38 Å². The zero-order valence-electron chi connectivity index (χ0n) is 10.4. The van der Waals surface area contributed by atoms with Crippen LogP contribution in [0.5, 0.6) is 0 Å². The first-order valence-corrected chi connectivity index (χ1v) is 7.61. The minimum atomic E-state index is -0.235. The van der Waals surface area contributed by atoms with E-state index in [1.165, 1.54) is 5.56 Å². The van der Waals surface area contributed by atoms with Crippen molar-refractivity contribution in [3.05, 3.63) is 54.2 Å². The third-order valence-electron chi connectivity index (χ3n) is 2.95. The molecule has 3 nitrogen and oxygen atoms in total. The van der Waals surface area contributed by atoms with Gasteiger partial charge in [0.2, 0.25) is 0 Å². The molecule has 2 heterocycles. The van der Waals surface area contributed by atoms with E-state index in [4.69, 9.17) is 5.26 Å². The molecule has 3 aromatic rings. The van der Waals surface area contributed by atoms with Gasteiger partial charge in [-0.25, -0.2) is 0 Å². The summed E-state index contributed by atoms with van der Waals surface area (Å²) < 4.78 is 3.02. The van der Waals surface area contributed by atoms with Crippen LogP contribution < -0.4 is 4.59 Å². The van der Waals surface area contributed by atoms with E-state index in [1.807, 2.05) is 28.8 Å². The predicted molar refractivity (Wildman–Crippen MR) is 76.4 cm³/mol. The topological polar surface area (TPSA) is 41.1 Å². The number of nitriles is 1. The Hall–Kier alpha value is -2.08. The van der Waals surface area contributed by atoms with Crippen LogP contribution in [0.3, 0.4) is 0 Å². The first-order chi connectivity index (χ1) is 9.29. The molecule has 2 aromatic heterocycles. The monoisotopic (exact) mass is 313 g/mol.